The van der Waals surface area contributed by atoms with E-state index in [9.17, 15) is 23.5 Å². The molecule has 0 radical (unpaired) electrons. The Hall–Kier alpha value is -4.08. The summed E-state index contributed by atoms with van der Waals surface area (Å²) in [7, 11) is 0. The quantitative estimate of drug-likeness (QED) is 0.422. The van der Waals surface area contributed by atoms with Crippen molar-refractivity contribution in [3.05, 3.63) is 76.2 Å². The third-order valence-corrected chi connectivity index (χ3v) is 9.19. The van der Waals surface area contributed by atoms with Crippen molar-refractivity contribution in [2.45, 2.75) is 64.3 Å². The second-order valence-electron chi connectivity index (χ2n) is 12.5. The van der Waals surface area contributed by atoms with Gasteiger partial charge in [0.2, 0.25) is 0 Å². The lowest BCUT2D eigenvalue weighted by molar-refractivity contribution is 0.0506. The van der Waals surface area contributed by atoms with Crippen LogP contribution >= 0.6 is 0 Å². The van der Waals surface area contributed by atoms with E-state index in [0.717, 1.165) is 43.1 Å². The monoisotopic (exact) mass is 575 g/mol. The van der Waals surface area contributed by atoms with Crippen LogP contribution in [0.1, 0.15) is 77.3 Å². The molecule has 2 aromatic heterocycles. The van der Waals surface area contributed by atoms with Gasteiger partial charge in [0.15, 0.2) is 11.6 Å². The smallest absolute Gasteiger partial charge is 0.337 e. The lowest BCUT2D eigenvalue weighted by Gasteiger charge is -2.47. The molecule has 2 fully saturated rings. The summed E-state index contributed by atoms with van der Waals surface area (Å²) < 4.78 is 27.8. The molecule has 6 rings (SSSR count). The number of carbonyl (C=O) groups is 2. The van der Waals surface area contributed by atoms with Crippen LogP contribution in [0.4, 0.5) is 26.0 Å². The van der Waals surface area contributed by atoms with E-state index in [4.69, 9.17) is 4.98 Å². The first-order chi connectivity index (χ1) is 19.9. The molecule has 1 aliphatic carbocycles. The van der Waals surface area contributed by atoms with Gasteiger partial charge in [0.05, 0.1) is 28.2 Å². The van der Waals surface area contributed by atoms with Gasteiger partial charge in [-0.05, 0) is 76.4 Å². The number of fused-ring (bicyclic) bond motifs is 2. The molecule has 3 aromatic rings. The first-order valence-electron chi connectivity index (χ1n) is 14.4. The highest BCUT2D eigenvalue weighted by atomic mass is 19.2. The highest BCUT2D eigenvalue weighted by molar-refractivity contribution is 5.94. The number of amides is 1. The van der Waals surface area contributed by atoms with E-state index in [1.165, 1.54) is 6.07 Å². The van der Waals surface area contributed by atoms with Crippen LogP contribution in [0, 0.1) is 25.5 Å². The van der Waals surface area contributed by atoms with Crippen molar-refractivity contribution in [3.63, 3.8) is 0 Å². The zero-order valence-corrected chi connectivity index (χ0v) is 24.4. The van der Waals surface area contributed by atoms with Gasteiger partial charge in [-0.15, -0.1) is 0 Å². The predicted molar refractivity (Wildman–Crippen MR) is 156 cm³/mol. The minimum Gasteiger partial charge on any atom is -0.478 e. The molecule has 4 heterocycles. The van der Waals surface area contributed by atoms with E-state index < -0.39 is 23.1 Å². The zero-order chi connectivity index (χ0) is 30.0. The van der Waals surface area contributed by atoms with Crippen molar-refractivity contribution in [2.75, 3.05) is 36.0 Å². The second kappa shape index (κ2) is 10.0. The third kappa shape index (κ3) is 4.57. The summed E-state index contributed by atoms with van der Waals surface area (Å²) in [6, 6.07) is 9.39. The average molecular weight is 576 g/mol. The van der Waals surface area contributed by atoms with Crippen LogP contribution in [0.5, 0.6) is 0 Å². The van der Waals surface area contributed by atoms with Crippen LogP contribution in [0.3, 0.4) is 0 Å². The number of carbonyl (C=O) groups excluding carboxylic acids is 1. The molecule has 1 saturated heterocycles. The highest BCUT2D eigenvalue weighted by Crippen LogP contribution is 2.52. The number of benzene rings is 1. The van der Waals surface area contributed by atoms with Gasteiger partial charge in [0.1, 0.15) is 11.5 Å². The molecule has 3 aliphatic rings. The predicted octanol–water partition coefficient (Wildman–Crippen LogP) is 5.77. The minimum atomic E-state index is -0.992. The molecular formula is C32H35F2N5O3. The number of rotatable bonds is 4. The summed E-state index contributed by atoms with van der Waals surface area (Å²) in [5, 5.41) is 9.52. The number of nitrogens with zero attached hydrogens (tertiary/aromatic N) is 5. The number of hydrogen-bond donors (Lipinski definition) is 1. The Bertz CT molecular complexity index is 1580. The molecule has 220 valence electrons. The van der Waals surface area contributed by atoms with Crippen molar-refractivity contribution < 1.29 is 23.5 Å². The molecule has 42 heavy (non-hydrogen) atoms. The fourth-order valence-electron chi connectivity index (χ4n) is 7.13. The largest absolute Gasteiger partial charge is 0.478 e. The number of aromatic carboxylic acids is 1. The summed E-state index contributed by atoms with van der Waals surface area (Å²) >= 11 is 0. The van der Waals surface area contributed by atoms with Crippen molar-refractivity contribution in [2.24, 2.45) is 0 Å². The summed E-state index contributed by atoms with van der Waals surface area (Å²) in [6.07, 6.45) is 3.98. The van der Waals surface area contributed by atoms with Crippen LogP contribution in [-0.2, 0) is 5.41 Å². The molecule has 0 bridgehead atoms. The first-order valence-corrected chi connectivity index (χ1v) is 14.4. The van der Waals surface area contributed by atoms with Crippen molar-refractivity contribution in [1.29, 1.82) is 0 Å². The molecule has 10 heteroatoms. The number of hydrogen-bond acceptors (Lipinski definition) is 6. The van der Waals surface area contributed by atoms with Crippen LogP contribution in [0.15, 0.2) is 36.4 Å². The van der Waals surface area contributed by atoms with Gasteiger partial charge in [0.25, 0.3) is 5.91 Å². The van der Waals surface area contributed by atoms with E-state index in [0.29, 0.717) is 54.6 Å². The highest BCUT2D eigenvalue weighted by Gasteiger charge is 2.47. The Labute approximate surface area is 244 Å². The van der Waals surface area contributed by atoms with Gasteiger partial charge < -0.3 is 19.8 Å². The van der Waals surface area contributed by atoms with Gasteiger partial charge in [0, 0.05) is 43.3 Å². The van der Waals surface area contributed by atoms with Crippen molar-refractivity contribution >= 4 is 29.1 Å². The molecule has 0 atom stereocenters. The number of aryl methyl sites for hydroxylation is 2. The van der Waals surface area contributed by atoms with E-state index >= 15 is 0 Å². The Balaban J connectivity index is 1.28. The van der Waals surface area contributed by atoms with Crippen LogP contribution < -0.4 is 9.80 Å². The van der Waals surface area contributed by atoms with E-state index in [1.54, 1.807) is 32.0 Å². The SMILES string of the molecule is Cc1cc(N2CCN(C(=O)c3ccc4c(n3)C3(CCCC3)CN4c3ccc(F)c(F)c3)C(C)(C)C2)nc(C)c1C(=O)O. The lowest BCUT2D eigenvalue weighted by atomic mass is 9.84. The van der Waals surface area contributed by atoms with Crippen LogP contribution in [0.2, 0.25) is 0 Å². The number of halogens is 2. The average Bonchev–Trinajstić information content (AvgIpc) is 3.53. The fraction of sp³-hybridized carbons (Fsp3) is 0.438. The van der Waals surface area contributed by atoms with E-state index in [2.05, 4.69) is 9.88 Å². The molecule has 2 aliphatic heterocycles. The zero-order valence-electron chi connectivity index (χ0n) is 24.4. The Kier molecular flexibility index (Phi) is 6.70. The van der Waals surface area contributed by atoms with E-state index in [1.807, 2.05) is 29.7 Å². The van der Waals surface area contributed by atoms with Gasteiger partial charge in [-0.25, -0.2) is 23.5 Å². The Morgan fingerprint density at radius 2 is 1.67 bits per heavy atom. The molecule has 1 saturated carbocycles. The third-order valence-electron chi connectivity index (χ3n) is 9.19. The topological polar surface area (TPSA) is 89.9 Å². The number of anilines is 3. The molecule has 1 aromatic carbocycles. The maximum atomic E-state index is 14.2. The van der Waals surface area contributed by atoms with Gasteiger partial charge in [-0.1, -0.05) is 12.8 Å². The molecule has 1 spiro atoms. The minimum absolute atomic E-state index is 0.150. The van der Waals surface area contributed by atoms with Gasteiger partial charge >= 0.3 is 5.97 Å². The summed E-state index contributed by atoms with van der Waals surface area (Å²) in [5.41, 5.74) is 3.22. The van der Waals surface area contributed by atoms with Crippen LogP contribution in [-0.4, -0.2) is 63.6 Å². The molecule has 1 N–H and O–H groups in total. The maximum absolute atomic E-state index is 14.2. The maximum Gasteiger partial charge on any atom is 0.337 e. The first kappa shape index (κ1) is 28.1. The summed E-state index contributed by atoms with van der Waals surface area (Å²) in [5.74, 6) is -2.21. The normalized spacial score (nSPS) is 19.0. The number of piperazine rings is 1. The van der Waals surface area contributed by atoms with E-state index in [-0.39, 0.29) is 16.9 Å². The Morgan fingerprint density at radius 3 is 2.31 bits per heavy atom. The summed E-state index contributed by atoms with van der Waals surface area (Å²) in [4.78, 5) is 41.1. The number of aromatic nitrogens is 2. The molecular weight excluding hydrogens is 540 g/mol. The number of carboxylic acid groups (broad SMARTS) is 1. The molecule has 8 nitrogen and oxygen atoms in total. The second-order valence-corrected chi connectivity index (χ2v) is 12.5. The summed E-state index contributed by atoms with van der Waals surface area (Å²) in [6.45, 7) is 9.65. The number of carboxylic acids is 1. The fourth-order valence-corrected chi connectivity index (χ4v) is 7.13. The molecule has 1 amide bonds. The van der Waals surface area contributed by atoms with Crippen molar-refractivity contribution in [3.8, 4) is 0 Å². The van der Waals surface area contributed by atoms with Crippen molar-refractivity contribution in [1.82, 2.24) is 14.9 Å². The van der Waals surface area contributed by atoms with Gasteiger partial charge in [-0.3, -0.25) is 4.79 Å². The number of pyridine rings is 2. The standard InChI is InChI=1S/C32H35F2N5O3/c1-19-15-26(35-20(2)27(19)30(41)42)37-13-14-39(31(3,4)17-37)29(40)24-9-10-25-28(36-24)32(11-5-6-12-32)18-38(25)21-7-8-22(33)23(34)16-21/h7-10,15-16H,5-6,11-14,17-18H2,1-4H3,(H,41,42). The lowest BCUT2D eigenvalue weighted by Crippen LogP contribution is -2.61. The molecule has 0 unspecified atom stereocenters. The van der Waals surface area contributed by atoms with Gasteiger partial charge in [-0.2, -0.15) is 0 Å². The van der Waals surface area contributed by atoms with Crippen LogP contribution in [0.25, 0.3) is 0 Å². The Morgan fingerprint density at radius 1 is 0.929 bits per heavy atom.